The highest BCUT2D eigenvalue weighted by molar-refractivity contribution is 7.85. The zero-order valence-electron chi connectivity index (χ0n) is 8.88. The van der Waals surface area contributed by atoms with Gasteiger partial charge in [0, 0.05) is 5.75 Å². The fraction of sp³-hybridized carbons (Fsp3) is 0.143. The molecule has 0 aliphatic carbocycles. The first-order valence-corrected chi connectivity index (χ1v) is 6.29. The lowest BCUT2D eigenvalue weighted by molar-refractivity contribution is 0.865. The zero-order valence-corrected chi connectivity index (χ0v) is 10.7. The monoisotopic (exact) mass is 246 g/mol. The van der Waals surface area contributed by atoms with Crippen LogP contribution in [0.25, 0.3) is 0 Å². The Morgan fingerprint density at radius 3 is 1.44 bits per heavy atom. The van der Waals surface area contributed by atoms with E-state index in [2.05, 4.69) is 36.9 Å². The van der Waals surface area contributed by atoms with Crippen LogP contribution in [0.3, 0.4) is 0 Å². The summed E-state index contributed by atoms with van der Waals surface area (Å²) in [5.41, 5.74) is 2.36. The fourth-order valence-electron chi connectivity index (χ4n) is 1.78. The first-order valence-electron chi connectivity index (χ1n) is 5.21. The Bertz CT molecular complexity index is 397. The Labute approximate surface area is 108 Å². The van der Waals surface area contributed by atoms with Crippen molar-refractivity contribution < 1.29 is 0 Å². The van der Waals surface area contributed by atoms with Crippen molar-refractivity contribution in [1.29, 1.82) is 0 Å². The van der Waals surface area contributed by atoms with Gasteiger partial charge in [-0.2, -0.15) is 25.3 Å². The summed E-state index contributed by atoms with van der Waals surface area (Å²) in [6.45, 7) is 0. The molecule has 16 heavy (non-hydrogen) atoms. The molecule has 2 aromatic rings. The first kappa shape index (κ1) is 11.6. The molecule has 2 aromatic carbocycles. The van der Waals surface area contributed by atoms with Crippen molar-refractivity contribution in [3.63, 3.8) is 0 Å². The van der Waals surface area contributed by atoms with E-state index in [9.17, 15) is 0 Å². The molecule has 0 bridgehead atoms. The van der Waals surface area contributed by atoms with Crippen LogP contribution in [0.1, 0.15) is 11.1 Å². The molecule has 0 fully saturated rings. The van der Waals surface area contributed by atoms with Crippen LogP contribution in [0.15, 0.2) is 60.7 Å². The molecule has 0 unspecified atom stereocenters. The Morgan fingerprint density at radius 1 is 0.750 bits per heavy atom. The molecular weight excluding hydrogens is 232 g/mol. The van der Waals surface area contributed by atoms with Gasteiger partial charge in [-0.25, -0.2) is 0 Å². The summed E-state index contributed by atoms with van der Waals surface area (Å²) in [6, 6.07) is 20.5. The lowest BCUT2D eigenvalue weighted by Crippen LogP contribution is -2.22. The molecule has 82 valence electrons. The maximum atomic E-state index is 4.82. The van der Waals surface area contributed by atoms with Crippen molar-refractivity contribution in [1.82, 2.24) is 0 Å². The second-order valence-electron chi connectivity index (χ2n) is 3.75. The van der Waals surface area contributed by atoms with Gasteiger partial charge in [-0.1, -0.05) is 60.7 Å². The van der Waals surface area contributed by atoms with Gasteiger partial charge in [0.15, 0.2) is 0 Å². The van der Waals surface area contributed by atoms with E-state index in [0.717, 1.165) is 0 Å². The van der Waals surface area contributed by atoms with Crippen molar-refractivity contribution in [2.24, 2.45) is 0 Å². The Kier molecular flexibility index (Phi) is 3.62. The predicted molar refractivity (Wildman–Crippen MR) is 76.5 cm³/mol. The minimum atomic E-state index is -0.314. The molecule has 0 heterocycles. The van der Waals surface area contributed by atoms with E-state index in [1.54, 1.807) is 0 Å². The van der Waals surface area contributed by atoms with Crippen LogP contribution in [0.2, 0.25) is 0 Å². The van der Waals surface area contributed by atoms with Crippen molar-refractivity contribution in [3.8, 4) is 0 Å². The van der Waals surface area contributed by atoms with E-state index in [1.165, 1.54) is 11.1 Å². The predicted octanol–water partition coefficient (Wildman–Crippen LogP) is 3.79. The van der Waals surface area contributed by atoms with Crippen LogP contribution >= 0.6 is 25.3 Å². The highest BCUT2D eigenvalue weighted by Gasteiger charge is 2.27. The summed E-state index contributed by atoms with van der Waals surface area (Å²) in [5.74, 6) is 0.671. The maximum absolute atomic E-state index is 4.82. The average molecular weight is 246 g/mol. The number of hydrogen-bond donors (Lipinski definition) is 2. The van der Waals surface area contributed by atoms with Crippen LogP contribution < -0.4 is 0 Å². The number of thiol groups is 2. The first-order chi connectivity index (χ1) is 7.77. The summed E-state index contributed by atoms with van der Waals surface area (Å²) in [6.07, 6.45) is 0. The molecule has 0 aliphatic rings. The van der Waals surface area contributed by atoms with Crippen molar-refractivity contribution in [2.45, 2.75) is 4.75 Å². The molecule has 0 aromatic heterocycles. The summed E-state index contributed by atoms with van der Waals surface area (Å²) < 4.78 is -0.314. The van der Waals surface area contributed by atoms with E-state index < -0.39 is 0 Å². The lowest BCUT2D eigenvalue weighted by atomic mass is 9.92. The Morgan fingerprint density at radius 2 is 1.12 bits per heavy atom. The smallest absolute Gasteiger partial charge is 0.0714 e. The van der Waals surface area contributed by atoms with E-state index in [0.29, 0.717) is 5.75 Å². The van der Waals surface area contributed by atoms with Crippen LogP contribution in [0.4, 0.5) is 0 Å². The average Bonchev–Trinajstić information content (AvgIpc) is 2.40. The third kappa shape index (κ3) is 2.13. The van der Waals surface area contributed by atoms with Crippen molar-refractivity contribution >= 4 is 25.3 Å². The topological polar surface area (TPSA) is 0 Å². The van der Waals surface area contributed by atoms with Crippen LogP contribution in [-0.4, -0.2) is 5.75 Å². The molecule has 0 N–H and O–H groups in total. The lowest BCUT2D eigenvalue weighted by Gasteiger charge is -2.28. The minimum Gasteiger partial charge on any atom is -0.177 e. The molecule has 0 radical (unpaired) electrons. The molecule has 0 spiro atoms. The SMILES string of the molecule is SCC(S)(c1ccccc1)c1ccccc1. The molecule has 0 amide bonds. The molecule has 0 atom stereocenters. The number of rotatable bonds is 3. The normalized spacial score (nSPS) is 11.4. The molecule has 0 aliphatic heterocycles. The molecule has 0 saturated carbocycles. The molecule has 0 nitrogen and oxygen atoms in total. The molecule has 2 rings (SSSR count). The largest absolute Gasteiger partial charge is 0.177 e. The summed E-state index contributed by atoms with van der Waals surface area (Å²) in [7, 11) is 0. The van der Waals surface area contributed by atoms with E-state index in [4.69, 9.17) is 12.6 Å². The molecule has 0 saturated heterocycles. The van der Waals surface area contributed by atoms with E-state index in [1.807, 2.05) is 36.4 Å². The third-order valence-corrected chi connectivity index (χ3v) is 4.13. The van der Waals surface area contributed by atoms with Gasteiger partial charge in [-0.3, -0.25) is 0 Å². The van der Waals surface area contributed by atoms with Gasteiger partial charge in [-0.05, 0) is 11.1 Å². The van der Waals surface area contributed by atoms with Gasteiger partial charge in [0.1, 0.15) is 0 Å². The van der Waals surface area contributed by atoms with Crippen molar-refractivity contribution in [2.75, 3.05) is 5.75 Å². The molecule has 2 heteroatoms. The fourth-order valence-corrected chi connectivity index (χ4v) is 2.44. The van der Waals surface area contributed by atoms with Gasteiger partial charge in [0.25, 0.3) is 0 Å². The van der Waals surface area contributed by atoms with Gasteiger partial charge in [0.2, 0.25) is 0 Å². The summed E-state index contributed by atoms with van der Waals surface area (Å²) in [4.78, 5) is 0. The number of benzene rings is 2. The van der Waals surface area contributed by atoms with Gasteiger partial charge in [-0.15, -0.1) is 0 Å². The summed E-state index contributed by atoms with van der Waals surface area (Å²) in [5, 5.41) is 0. The van der Waals surface area contributed by atoms with Crippen molar-refractivity contribution in [3.05, 3.63) is 71.8 Å². The van der Waals surface area contributed by atoms with Gasteiger partial charge < -0.3 is 0 Å². The van der Waals surface area contributed by atoms with Crippen LogP contribution in [-0.2, 0) is 4.75 Å². The third-order valence-electron chi connectivity index (χ3n) is 2.73. The minimum absolute atomic E-state index is 0.314. The van der Waals surface area contributed by atoms with E-state index in [-0.39, 0.29) is 4.75 Å². The number of hydrogen-bond acceptors (Lipinski definition) is 2. The Balaban J connectivity index is 2.49. The zero-order chi connectivity index (χ0) is 11.4. The van der Waals surface area contributed by atoms with Gasteiger partial charge >= 0.3 is 0 Å². The standard InChI is InChI=1S/C14H14S2/c15-11-14(16,12-7-3-1-4-8-12)13-9-5-2-6-10-13/h1-10,15-16H,11H2. The Hall–Kier alpha value is -0.860. The second-order valence-corrected chi connectivity index (χ2v) is 4.83. The van der Waals surface area contributed by atoms with Gasteiger partial charge in [0.05, 0.1) is 4.75 Å². The highest BCUT2D eigenvalue weighted by Crippen LogP contribution is 2.36. The van der Waals surface area contributed by atoms with Crippen LogP contribution in [0.5, 0.6) is 0 Å². The second kappa shape index (κ2) is 4.98. The quantitative estimate of drug-likeness (QED) is 0.756. The van der Waals surface area contributed by atoms with Crippen LogP contribution in [0, 0.1) is 0 Å². The molecular formula is C14H14S2. The van der Waals surface area contributed by atoms with E-state index >= 15 is 0 Å². The maximum Gasteiger partial charge on any atom is 0.0714 e. The highest BCUT2D eigenvalue weighted by atomic mass is 32.1. The summed E-state index contributed by atoms with van der Waals surface area (Å²) >= 11 is 9.27.